The molecule has 0 radical (unpaired) electrons. The van der Waals surface area contributed by atoms with Gasteiger partial charge in [0.2, 0.25) is 0 Å². The molecule has 1 aromatic carbocycles. The second-order valence-corrected chi connectivity index (χ2v) is 9.39. The van der Waals surface area contributed by atoms with Crippen molar-refractivity contribution in [1.29, 1.82) is 0 Å². The second-order valence-electron chi connectivity index (χ2n) is 8.22. The molecule has 1 aliphatic carbocycles. The molecule has 0 amide bonds. The van der Waals surface area contributed by atoms with Crippen molar-refractivity contribution in [3.05, 3.63) is 63.4 Å². The van der Waals surface area contributed by atoms with Crippen molar-refractivity contribution in [2.45, 2.75) is 70.8 Å². The van der Waals surface area contributed by atoms with E-state index in [0.717, 1.165) is 37.7 Å². The lowest BCUT2D eigenvalue weighted by atomic mass is 9.89. The van der Waals surface area contributed by atoms with Gasteiger partial charge in [0.05, 0.1) is 13.2 Å². The summed E-state index contributed by atoms with van der Waals surface area (Å²) in [7, 11) is 1.43. The third-order valence-electron chi connectivity index (χ3n) is 6.05. The first kappa shape index (κ1) is 22.8. The maximum Gasteiger partial charge on any atom is 0.348 e. The van der Waals surface area contributed by atoms with Crippen LogP contribution in [0.25, 0.3) is 5.57 Å². The van der Waals surface area contributed by atoms with Crippen LogP contribution in [0.1, 0.15) is 90.1 Å². The molecule has 4 heteroatoms. The summed E-state index contributed by atoms with van der Waals surface area (Å²) in [5.41, 5.74) is 3.79. The molecule has 0 bridgehead atoms. The number of carbonyl (C=O) groups is 1. The van der Waals surface area contributed by atoms with Gasteiger partial charge in [0, 0.05) is 4.88 Å². The number of hydrogen-bond acceptors (Lipinski definition) is 4. The van der Waals surface area contributed by atoms with Crippen molar-refractivity contribution in [3.63, 3.8) is 0 Å². The van der Waals surface area contributed by atoms with Gasteiger partial charge in [-0.25, -0.2) is 4.79 Å². The van der Waals surface area contributed by atoms with E-state index >= 15 is 0 Å². The first-order valence-electron chi connectivity index (χ1n) is 11.3. The van der Waals surface area contributed by atoms with Crippen molar-refractivity contribution in [1.82, 2.24) is 0 Å². The number of esters is 1. The number of methoxy groups -OCH3 is 1. The number of hydrogen-bond donors (Lipinski definition) is 1. The Morgan fingerprint density at radius 1 is 1.17 bits per heavy atom. The first-order valence-corrected chi connectivity index (χ1v) is 12.1. The lowest BCUT2D eigenvalue weighted by molar-refractivity contribution is 0.0606. The van der Waals surface area contributed by atoms with Crippen LogP contribution in [0, 0.1) is 5.92 Å². The van der Waals surface area contributed by atoms with Gasteiger partial charge in [0.15, 0.2) is 0 Å². The lowest BCUT2D eigenvalue weighted by Gasteiger charge is -2.16. The van der Waals surface area contributed by atoms with E-state index in [9.17, 15) is 9.90 Å². The molecule has 1 N–H and O–H groups in total. The Balaban J connectivity index is 1.51. The second kappa shape index (κ2) is 11.5. The minimum Gasteiger partial charge on any atom is -0.465 e. The molecule has 1 aliphatic rings. The summed E-state index contributed by atoms with van der Waals surface area (Å²) in [4.78, 5) is 13.5. The molecule has 0 saturated heterocycles. The Bertz CT molecular complexity index is 834. The van der Waals surface area contributed by atoms with Crippen molar-refractivity contribution < 1.29 is 14.6 Å². The summed E-state index contributed by atoms with van der Waals surface area (Å²) in [5, 5.41) is 10.4. The fraction of sp³-hybridized carbons (Fsp3) is 0.500. The topological polar surface area (TPSA) is 46.5 Å². The van der Waals surface area contributed by atoms with Crippen molar-refractivity contribution in [2.75, 3.05) is 7.11 Å². The summed E-state index contributed by atoms with van der Waals surface area (Å²) < 4.78 is 4.79. The molecule has 1 unspecified atom stereocenters. The maximum atomic E-state index is 11.6. The van der Waals surface area contributed by atoms with Crippen LogP contribution in [0.3, 0.4) is 0 Å². The van der Waals surface area contributed by atoms with Crippen LogP contribution < -0.4 is 0 Å². The van der Waals surface area contributed by atoms with E-state index in [1.165, 1.54) is 48.8 Å². The molecule has 30 heavy (non-hydrogen) atoms. The van der Waals surface area contributed by atoms with E-state index in [0.29, 0.717) is 10.8 Å². The van der Waals surface area contributed by atoms with E-state index < -0.39 is 0 Å². The highest BCUT2D eigenvalue weighted by atomic mass is 32.1. The smallest absolute Gasteiger partial charge is 0.348 e. The molecule has 3 rings (SSSR count). The van der Waals surface area contributed by atoms with Gasteiger partial charge in [-0.05, 0) is 73.3 Å². The average Bonchev–Trinajstić information content (AvgIpc) is 3.43. The number of ether oxygens (including phenoxy) is 1. The highest BCUT2D eigenvalue weighted by molar-refractivity contribution is 7.13. The number of rotatable bonds is 11. The number of unbranched alkanes of at least 4 members (excludes halogenated alkanes) is 2. The van der Waals surface area contributed by atoms with E-state index in [2.05, 4.69) is 37.3 Å². The summed E-state index contributed by atoms with van der Waals surface area (Å²) in [6.07, 6.45) is 12.0. The van der Waals surface area contributed by atoms with Crippen LogP contribution in [-0.4, -0.2) is 18.2 Å². The molecule has 2 atom stereocenters. The van der Waals surface area contributed by atoms with Gasteiger partial charge in [-0.2, -0.15) is 0 Å². The fourth-order valence-corrected chi connectivity index (χ4v) is 5.28. The minimum atomic E-state index is -0.348. The predicted molar refractivity (Wildman–Crippen MR) is 125 cm³/mol. The molecular weight excluding hydrogens is 392 g/mol. The lowest BCUT2D eigenvalue weighted by Crippen LogP contribution is -2.01. The van der Waals surface area contributed by atoms with Crippen LogP contribution in [0.5, 0.6) is 0 Å². The van der Waals surface area contributed by atoms with E-state index in [-0.39, 0.29) is 12.1 Å². The number of allylic oxidation sites excluding steroid dienone is 2. The van der Waals surface area contributed by atoms with Crippen molar-refractivity contribution >= 4 is 22.9 Å². The molecule has 0 spiro atoms. The van der Waals surface area contributed by atoms with Gasteiger partial charge in [-0.3, -0.25) is 0 Å². The Hall–Kier alpha value is -1.91. The van der Waals surface area contributed by atoms with Crippen LogP contribution in [0.4, 0.5) is 0 Å². The van der Waals surface area contributed by atoms with Crippen molar-refractivity contribution in [2.24, 2.45) is 5.92 Å². The number of benzene rings is 1. The van der Waals surface area contributed by atoms with Crippen LogP contribution in [-0.2, 0) is 11.2 Å². The highest BCUT2D eigenvalue weighted by Gasteiger charge is 2.21. The summed E-state index contributed by atoms with van der Waals surface area (Å²) in [5.74, 6) is 0.358. The Morgan fingerprint density at radius 3 is 2.70 bits per heavy atom. The van der Waals surface area contributed by atoms with Gasteiger partial charge < -0.3 is 9.84 Å². The molecule has 2 aromatic rings. The van der Waals surface area contributed by atoms with Gasteiger partial charge in [0.25, 0.3) is 0 Å². The summed E-state index contributed by atoms with van der Waals surface area (Å²) in [6.45, 7) is 2.19. The number of carbonyl (C=O) groups excluding carboxylic acids is 1. The number of aryl methyl sites for hydroxylation is 1. The zero-order valence-electron chi connectivity index (χ0n) is 18.2. The maximum absolute atomic E-state index is 11.6. The number of thiophene rings is 1. The summed E-state index contributed by atoms with van der Waals surface area (Å²) in [6, 6.07) is 12.5. The van der Waals surface area contributed by atoms with E-state index in [1.807, 2.05) is 12.1 Å². The summed E-state index contributed by atoms with van der Waals surface area (Å²) >= 11 is 1.54. The van der Waals surface area contributed by atoms with Crippen LogP contribution in [0.2, 0.25) is 0 Å². The number of aliphatic hydroxyl groups is 1. The third kappa shape index (κ3) is 6.05. The normalized spacial score (nSPS) is 17.0. The molecule has 3 nitrogen and oxygen atoms in total. The van der Waals surface area contributed by atoms with Gasteiger partial charge in [-0.1, -0.05) is 56.5 Å². The largest absolute Gasteiger partial charge is 0.465 e. The molecule has 1 heterocycles. The molecule has 1 aromatic heterocycles. The van der Waals surface area contributed by atoms with Crippen molar-refractivity contribution in [3.8, 4) is 0 Å². The quantitative estimate of drug-likeness (QED) is 0.312. The third-order valence-corrected chi connectivity index (χ3v) is 7.18. The Kier molecular flexibility index (Phi) is 8.71. The fourth-order valence-electron chi connectivity index (χ4n) is 4.31. The Morgan fingerprint density at radius 2 is 1.97 bits per heavy atom. The molecular formula is C26H34O3S. The standard InChI is InChI=1S/C26H34O3S/c1-3-4-5-12-24(27)21-15-13-20(14-16-21)23-11-7-9-19(23)8-6-10-22-17-18-25(30-22)26(28)29-2/h11,13-19,24,27H,3-10,12H2,1-2H3/t19?,24-/m0/s1. The highest BCUT2D eigenvalue weighted by Crippen LogP contribution is 2.37. The van der Waals surface area contributed by atoms with E-state index in [4.69, 9.17) is 4.74 Å². The van der Waals surface area contributed by atoms with Crippen LogP contribution >= 0.6 is 11.3 Å². The first-order chi connectivity index (χ1) is 14.6. The monoisotopic (exact) mass is 426 g/mol. The average molecular weight is 427 g/mol. The Labute approximate surface area is 184 Å². The number of aliphatic hydroxyl groups excluding tert-OH is 1. The molecule has 0 fully saturated rings. The minimum absolute atomic E-state index is 0.244. The van der Waals surface area contributed by atoms with Gasteiger partial charge in [-0.15, -0.1) is 11.3 Å². The predicted octanol–water partition coefficient (Wildman–Crippen LogP) is 6.96. The van der Waals surface area contributed by atoms with Crippen LogP contribution in [0.15, 0.2) is 42.5 Å². The SMILES string of the molecule is CCCCC[C@H](O)c1ccc(C2=CCCC2CCCc2ccc(C(=O)OC)s2)cc1. The zero-order chi connectivity index (χ0) is 21.3. The molecule has 0 saturated carbocycles. The molecule has 0 aliphatic heterocycles. The van der Waals surface area contributed by atoms with E-state index in [1.54, 1.807) is 11.3 Å². The van der Waals surface area contributed by atoms with Gasteiger partial charge >= 0.3 is 5.97 Å². The molecule has 162 valence electrons. The van der Waals surface area contributed by atoms with Gasteiger partial charge in [0.1, 0.15) is 4.88 Å². The zero-order valence-corrected chi connectivity index (χ0v) is 19.0.